The van der Waals surface area contributed by atoms with Gasteiger partial charge in [0.15, 0.2) is 8.32 Å². The molecule has 0 unspecified atom stereocenters. The summed E-state index contributed by atoms with van der Waals surface area (Å²) in [5.74, 6) is 0.823. The van der Waals surface area contributed by atoms with Gasteiger partial charge < -0.3 is 9.16 Å². The molecule has 23 heavy (non-hydrogen) atoms. The van der Waals surface area contributed by atoms with E-state index in [1.807, 2.05) is 0 Å². The summed E-state index contributed by atoms with van der Waals surface area (Å²) in [7, 11) is -0.333. The molecule has 1 fully saturated rings. The first-order chi connectivity index (χ1) is 10.6. The molecule has 0 radical (unpaired) electrons. The number of allylic oxidation sites excluding steroid dienone is 2. The van der Waals surface area contributed by atoms with Crippen molar-refractivity contribution in [3.05, 3.63) is 12.2 Å². The van der Waals surface area contributed by atoms with Crippen molar-refractivity contribution in [3.8, 4) is 0 Å². The summed E-state index contributed by atoms with van der Waals surface area (Å²) in [5, 5.41) is 0.191. The minimum atomic E-state index is -1.84. The molecule has 0 amide bonds. The Kier molecular flexibility index (Phi) is 5.46. The number of ether oxygens (including phenoxy) is 1. The molecule has 0 N–H and O–H groups in total. The van der Waals surface area contributed by atoms with Gasteiger partial charge in [-0.3, -0.25) is 4.79 Å². The fourth-order valence-corrected chi connectivity index (χ4v) is 5.31. The van der Waals surface area contributed by atoms with Crippen LogP contribution in [0.15, 0.2) is 12.2 Å². The molecule has 0 aromatic rings. The van der Waals surface area contributed by atoms with Crippen LogP contribution in [0.25, 0.3) is 0 Å². The lowest BCUT2D eigenvalue weighted by Crippen LogP contribution is -2.52. The quantitative estimate of drug-likeness (QED) is 0.422. The Balaban J connectivity index is 2.29. The third-order valence-corrected chi connectivity index (χ3v) is 10.8. The van der Waals surface area contributed by atoms with Gasteiger partial charge in [-0.05, 0) is 42.8 Å². The van der Waals surface area contributed by atoms with Crippen molar-refractivity contribution in [2.75, 3.05) is 7.11 Å². The zero-order valence-electron chi connectivity index (χ0n) is 15.9. The summed E-state index contributed by atoms with van der Waals surface area (Å²) in [4.78, 5) is 12.4. The highest BCUT2D eigenvalue weighted by molar-refractivity contribution is 6.74. The molecule has 0 aromatic heterocycles. The zero-order valence-corrected chi connectivity index (χ0v) is 16.9. The topological polar surface area (TPSA) is 35.5 Å². The van der Waals surface area contributed by atoms with Gasteiger partial charge in [0.05, 0.1) is 13.0 Å². The summed E-state index contributed by atoms with van der Waals surface area (Å²) >= 11 is 0. The molecule has 132 valence electrons. The highest BCUT2D eigenvalue weighted by atomic mass is 28.4. The predicted octanol–water partition coefficient (Wildman–Crippen LogP) is 4.79. The van der Waals surface area contributed by atoms with Gasteiger partial charge in [-0.2, -0.15) is 0 Å². The van der Waals surface area contributed by atoms with Gasteiger partial charge in [0.1, 0.15) is 0 Å². The normalized spacial score (nSPS) is 34.8. The average molecular weight is 339 g/mol. The molecule has 5 atom stereocenters. The van der Waals surface area contributed by atoms with E-state index in [1.54, 1.807) is 0 Å². The second kappa shape index (κ2) is 6.71. The van der Waals surface area contributed by atoms with E-state index in [4.69, 9.17) is 9.16 Å². The molecular formula is C19H34O3Si. The minimum Gasteiger partial charge on any atom is -0.469 e. The van der Waals surface area contributed by atoms with Gasteiger partial charge in [-0.25, -0.2) is 0 Å². The van der Waals surface area contributed by atoms with Crippen LogP contribution in [0.2, 0.25) is 18.1 Å². The van der Waals surface area contributed by atoms with E-state index in [2.05, 4.69) is 52.9 Å². The first-order valence-electron chi connectivity index (χ1n) is 9.02. The fraction of sp³-hybridized carbons (Fsp3) is 0.842. The number of carbonyl (C=O) groups is 1. The summed E-state index contributed by atoms with van der Waals surface area (Å²) in [6, 6.07) is 0. The lowest BCUT2D eigenvalue weighted by Gasteiger charge is -2.48. The first kappa shape index (κ1) is 18.7. The number of hydrogen-bond acceptors (Lipinski definition) is 3. The molecule has 3 nitrogen and oxygen atoms in total. The molecule has 0 aromatic carbocycles. The SMILES string of the molecule is COC(=O)[C@H]1[C@H]2[C@H](C=C[C@H]1C)CCC[C@H]2O[Si](C)(C)C(C)(C)C. The van der Waals surface area contributed by atoms with Crippen molar-refractivity contribution in [1.82, 2.24) is 0 Å². The van der Waals surface area contributed by atoms with E-state index in [0.29, 0.717) is 5.92 Å². The van der Waals surface area contributed by atoms with Crippen LogP contribution in [0.4, 0.5) is 0 Å². The zero-order chi connectivity index (χ0) is 17.4. The molecule has 4 heteroatoms. The smallest absolute Gasteiger partial charge is 0.309 e. The van der Waals surface area contributed by atoms with Crippen molar-refractivity contribution in [2.24, 2.45) is 23.7 Å². The van der Waals surface area contributed by atoms with Gasteiger partial charge in [0, 0.05) is 12.0 Å². The van der Waals surface area contributed by atoms with Crippen LogP contribution in [-0.4, -0.2) is 27.5 Å². The summed E-state index contributed by atoms with van der Waals surface area (Å²) < 4.78 is 11.9. The summed E-state index contributed by atoms with van der Waals surface area (Å²) in [5.41, 5.74) is 0. The largest absolute Gasteiger partial charge is 0.469 e. The van der Waals surface area contributed by atoms with Crippen molar-refractivity contribution in [1.29, 1.82) is 0 Å². The van der Waals surface area contributed by atoms with Crippen LogP contribution in [0.1, 0.15) is 47.0 Å². The molecule has 0 saturated heterocycles. The molecule has 0 heterocycles. The van der Waals surface area contributed by atoms with Crippen molar-refractivity contribution < 1.29 is 14.0 Å². The van der Waals surface area contributed by atoms with Gasteiger partial charge in [0.2, 0.25) is 0 Å². The van der Waals surface area contributed by atoms with Gasteiger partial charge in [-0.15, -0.1) is 0 Å². The van der Waals surface area contributed by atoms with Crippen LogP contribution in [-0.2, 0) is 14.0 Å². The number of rotatable bonds is 3. The third-order valence-electron chi connectivity index (χ3n) is 6.32. The number of methoxy groups -OCH3 is 1. The monoisotopic (exact) mass is 338 g/mol. The van der Waals surface area contributed by atoms with E-state index < -0.39 is 8.32 Å². The lowest BCUT2D eigenvalue weighted by atomic mass is 9.64. The van der Waals surface area contributed by atoms with Crippen LogP contribution in [0.3, 0.4) is 0 Å². The molecule has 2 aliphatic rings. The van der Waals surface area contributed by atoms with Crippen molar-refractivity contribution in [3.63, 3.8) is 0 Å². The summed E-state index contributed by atoms with van der Waals surface area (Å²) in [6.07, 6.45) is 8.15. The lowest BCUT2D eigenvalue weighted by molar-refractivity contribution is -0.153. The molecular weight excluding hydrogens is 304 g/mol. The highest BCUT2D eigenvalue weighted by Crippen LogP contribution is 2.47. The summed E-state index contributed by atoms with van der Waals surface area (Å²) in [6.45, 7) is 13.6. The Hall–Kier alpha value is -0.613. The molecule has 2 aliphatic carbocycles. The maximum atomic E-state index is 12.4. The molecule has 0 bridgehead atoms. The van der Waals surface area contributed by atoms with Gasteiger partial charge >= 0.3 is 5.97 Å². The second-order valence-corrected chi connectivity index (χ2v) is 13.6. The first-order valence-corrected chi connectivity index (χ1v) is 11.9. The van der Waals surface area contributed by atoms with E-state index in [-0.39, 0.29) is 34.9 Å². The minimum absolute atomic E-state index is 0.0648. The van der Waals surface area contributed by atoms with E-state index >= 15 is 0 Å². The molecule has 0 aliphatic heterocycles. The van der Waals surface area contributed by atoms with Crippen LogP contribution >= 0.6 is 0 Å². The average Bonchev–Trinajstić information content (AvgIpc) is 2.45. The Morgan fingerprint density at radius 3 is 2.39 bits per heavy atom. The van der Waals surface area contributed by atoms with Crippen LogP contribution in [0, 0.1) is 23.7 Å². The van der Waals surface area contributed by atoms with Crippen molar-refractivity contribution in [2.45, 2.75) is 71.2 Å². The van der Waals surface area contributed by atoms with E-state index in [0.717, 1.165) is 6.42 Å². The van der Waals surface area contributed by atoms with E-state index in [9.17, 15) is 4.79 Å². The Labute approximate surface area is 142 Å². The molecule has 1 saturated carbocycles. The fourth-order valence-electron chi connectivity index (χ4n) is 3.93. The predicted molar refractivity (Wildman–Crippen MR) is 96.7 cm³/mol. The molecule has 2 rings (SSSR count). The number of hydrogen-bond donors (Lipinski definition) is 0. The van der Waals surface area contributed by atoms with Crippen LogP contribution in [0.5, 0.6) is 0 Å². The van der Waals surface area contributed by atoms with Crippen LogP contribution < -0.4 is 0 Å². The third kappa shape index (κ3) is 3.74. The van der Waals surface area contributed by atoms with Gasteiger partial charge in [-0.1, -0.05) is 46.3 Å². The van der Waals surface area contributed by atoms with E-state index in [1.165, 1.54) is 20.0 Å². The Morgan fingerprint density at radius 2 is 1.83 bits per heavy atom. The number of carbonyl (C=O) groups excluding carboxylic acids is 1. The van der Waals surface area contributed by atoms with Crippen molar-refractivity contribution >= 4 is 14.3 Å². The maximum Gasteiger partial charge on any atom is 0.309 e. The Morgan fingerprint density at radius 1 is 1.17 bits per heavy atom. The highest BCUT2D eigenvalue weighted by Gasteiger charge is 2.49. The number of esters is 1. The standard InChI is InChI=1S/C19H34O3Si/c1-13-11-12-14-9-8-10-15(17(14)16(13)18(20)21-5)22-23(6,7)19(2,3)4/h11-17H,8-10H2,1-7H3/t13-,14+,15-,16-,17+/m1/s1. The maximum absolute atomic E-state index is 12.4. The van der Waals surface area contributed by atoms with Gasteiger partial charge in [0.25, 0.3) is 0 Å². The second-order valence-electron chi connectivity index (χ2n) is 8.88. The number of fused-ring (bicyclic) bond motifs is 1. The Bertz CT molecular complexity index is 464. The molecule has 0 spiro atoms.